The summed E-state index contributed by atoms with van der Waals surface area (Å²) in [5, 5.41) is 6.07. The van der Waals surface area contributed by atoms with Crippen molar-refractivity contribution < 1.29 is 4.79 Å². The molecule has 1 fully saturated rings. The lowest BCUT2D eigenvalue weighted by Crippen LogP contribution is -2.42. The highest BCUT2D eigenvalue weighted by Gasteiger charge is 2.45. The minimum Gasteiger partial charge on any atom is -0.338 e. The van der Waals surface area contributed by atoms with Crippen molar-refractivity contribution >= 4 is 6.03 Å². The number of carbonyl (C=O) groups is 1. The van der Waals surface area contributed by atoms with Crippen molar-refractivity contribution in [3.05, 3.63) is 35.4 Å². The summed E-state index contributed by atoms with van der Waals surface area (Å²) in [7, 11) is 4.08. The van der Waals surface area contributed by atoms with Gasteiger partial charge in [-0.25, -0.2) is 4.79 Å². The zero-order valence-electron chi connectivity index (χ0n) is 12.7. The molecule has 1 saturated carbocycles. The summed E-state index contributed by atoms with van der Waals surface area (Å²) in [6.45, 7) is 3.78. The number of hydrogen-bond donors (Lipinski definition) is 2. The van der Waals surface area contributed by atoms with Gasteiger partial charge in [0, 0.05) is 6.54 Å². The normalized spacial score (nSPS) is 16.0. The Labute approximate surface area is 121 Å². The molecule has 0 radical (unpaired) electrons. The Bertz CT molecular complexity index is 449. The topological polar surface area (TPSA) is 44.4 Å². The Kier molecular flexibility index (Phi) is 4.65. The Morgan fingerprint density at radius 2 is 1.90 bits per heavy atom. The van der Waals surface area contributed by atoms with E-state index in [-0.39, 0.29) is 11.6 Å². The van der Waals surface area contributed by atoms with Gasteiger partial charge in [0.15, 0.2) is 0 Å². The molecule has 0 saturated heterocycles. The van der Waals surface area contributed by atoms with Crippen LogP contribution >= 0.6 is 0 Å². The minimum atomic E-state index is -0.126. The van der Waals surface area contributed by atoms with Crippen molar-refractivity contribution in [2.24, 2.45) is 0 Å². The fourth-order valence-electron chi connectivity index (χ4n) is 2.34. The molecule has 0 spiro atoms. The van der Waals surface area contributed by atoms with E-state index in [1.54, 1.807) is 0 Å². The summed E-state index contributed by atoms with van der Waals surface area (Å²) in [5.41, 5.74) is 2.34. The Morgan fingerprint density at radius 1 is 1.25 bits per heavy atom. The van der Waals surface area contributed by atoms with Crippen LogP contribution in [-0.2, 0) is 5.54 Å². The van der Waals surface area contributed by atoms with Gasteiger partial charge in [-0.05, 0) is 52.4 Å². The van der Waals surface area contributed by atoms with Crippen LogP contribution in [0.4, 0.5) is 4.79 Å². The number of nitrogens with one attached hydrogen (secondary N) is 2. The van der Waals surface area contributed by atoms with Crippen LogP contribution in [0.1, 0.15) is 30.4 Å². The predicted octanol–water partition coefficient (Wildman–Crippen LogP) is 2.24. The van der Waals surface area contributed by atoms with E-state index in [1.165, 1.54) is 11.1 Å². The van der Waals surface area contributed by atoms with Gasteiger partial charge in [0.05, 0.1) is 5.54 Å². The first-order valence-electron chi connectivity index (χ1n) is 7.30. The minimum absolute atomic E-state index is 0.0539. The molecule has 0 atom stereocenters. The van der Waals surface area contributed by atoms with Gasteiger partial charge >= 0.3 is 6.03 Å². The Hall–Kier alpha value is -1.55. The highest BCUT2D eigenvalue weighted by Crippen LogP contribution is 2.45. The van der Waals surface area contributed by atoms with Crippen molar-refractivity contribution in [2.45, 2.75) is 31.7 Å². The molecule has 20 heavy (non-hydrogen) atoms. The Balaban J connectivity index is 1.80. The summed E-state index contributed by atoms with van der Waals surface area (Å²) >= 11 is 0. The fraction of sp³-hybridized carbons (Fsp3) is 0.562. The van der Waals surface area contributed by atoms with E-state index in [1.807, 2.05) is 14.1 Å². The fourth-order valence-corrected chi connectivity index (χ4v) is 2.34. The van der Waals surface area contributed by atoms with E-state index in [2.05, 4.69) is 46.7 Å². The predicted molar refractivity (Wildman–Crippen MR) is 81.8 cm³/mol. The first kappa shape index (κ1) is 14.9. The van der Waals surface area contributed by atoms with Crippen LogP contribution in [0.2, 0.25) is 0 Å². The first-order valence-corrected chi connectivity index (χ1v) is 7.30. The van der Waals surface area contributed by atoms with E-state index in [9.17, 15) is 4.79 Å². The lowest BCUT2D eigenvalue weighted by atomic mass is 10.0. The number of hydrogen-bond acceptors (Lipinski definition) is 2. The summed E-state index contributed by atoms with van der Waals surface area (Å²) in [4.78, 5) is 14.1. The molecule has 110 valence electrons. The molecule has 1 aromatic carbocycles. The zero-order valence-corrected chi connectivity index (χ0v) is 12.7. The monoisotopic (exact) mass is 275 g/mol. The number of amides is 2. The van der Waals surface area contributed by atoms with Gasteiger partial charge in [-0.15, -0.1) is 0 Å². The quantitative estimate of drug-likeness (QED) is 0.782. The van der Waals surface area contributed by atoms with Crippen LogP contribution in [0.5, 0.6) is 0 Å². The van der Waals surface area contributed by atoms with Gasteiger partial charge in [0.2, 0.25) is 0 Å². The van der Waals surface area contributed by atoms with E-state index in [4.69, 9.17) is 0 Å². The number of benzene rings is 1. The second-order valence-corrected chi connectivity index (χ2v) is 5.99. The van der Waals surface area contributed by atoms with E-state index >= 15 is 0 Å². The summed E-state index contributed by atoms with van der Waals surface area (Å²) in [6, 6.07) is 8.39. The Morgan fingerprint density at radius 3 is 2.45 bits per heavy atom. The van der Waals surface area contributed by atoms with Gasteiger partial charge in [-0.3, -0.25) is 0 Å². The third-order valence-electron chi connectivity index (χ3n) is 3.77. The third-order valence-corrected chi connectivity index (χ3v) is 3.77. The van der Waals surface area contributed by atoms with Gasteiger partial charge in [0.1, 0.15) is 0 Å². The maximum absolute atomic E-state index is 11.9. The van der Waals surface area contributed by atoms with Crippen molar-refractivity contribution in [1.82, 2.24) is 15.5 Å². The second kappa shape index (κ2) is 6.27. The van der Waals surface area contributed by atoms with Crippen molar-refractivity contribution in [3.8, 4) is 0 Å². The maximum Gasteiger partial charge on any atom is 0.315 e. The van der Waals surface area contributed by atoms with Crippen LogP contribution in [0, 0.1) is 6.92 Å². The zero-order chi connectivity index (χ0) is 14.6. The number of urea groups is 1. The lowest BCUT2D eigenvalue weighted by molar-refractivity contribution is 0.235. The molecule has 2 amide bonds. The van der Waals surface area contributed by atoms with Crippen LogP contribution in [0.3, 0.4) is 0 Å². The smallest absolute Gasteiger partial charge is 0.315 e. The molecule has 1 aliphatic carbocycles. The van der Waals surface area contributed by atoms with Crippen molar-refractivity contribution in [2.75, 3.05) is 27.2 Å². The third kappa shape index (κ3) is 3.97. The molecule has 1 aliphatic rings. The van der Waals surface area contributed by atoms with Crippen molar-refractivity contribution in [1.29, 1.82) is 0 Å². The SMILES string of the molecule is Cc1ccc(C2(NC(=O)NCCCN(C)C)CC2)cc1. The summed E-state index contributed by atoms with van der Waals surface area (Å²) in [6.07, 6.45) is 3.03. The van der Waals surface area contributed by atoms with Gasteiger partial charge < -0.3 is 15.5 Å². The van der Waals surface area contributed by atoms with Gasteiger partial charge in [-0.2, -0.15) is 0 Å². The lowest BCUT2D eigenvalue weighted by Gasteiger charge is -2.19. The highest BCUT2D eigenvalue weighted by atomic mass is 16.2. The number of nitrogens with zero attached hydrogens (tertiary/aromatic N) is 1. The van der Waals surface area contributed by atoms with E-state index in [0.29, 0.717) is 6.54 Å². The van der Waals surface area contributed by atoms with Crippen LogP contribution < -0.4 is 10.6 Å². The molecule has 0 aromatic heterocycles. The maximum atomic E-state index is 11.9. The molecule has 0 unspecified atom stereocenters. The molecule has 0 bridgehead atoms. The molecular formula is C16H25N3O. The van der Waals surface area contributed by atoms with E-state index in [0.717, 1.165) is 25.8 Å². The van der Waals surface area contributed by atoms with Gasteiger partial charge in [-0.1, -0.05) is 29.8 Å². The average Bonchev–Trinajstić information content (AvgIpc) is 3.16. The molecule has 4 nitrogen and oxygen atoms in total. The van der Waals surface area contributed by atoms with Gasteiger partial charge in [0.25, 0.3) is 0 Å². The van der Waals surface area contributed by atoms with Crippen molar-refractivity contribution in [3.63, 3.8) is 0 Å². The molecule has 0 aliphatic heterocycles. The summed E-state index contributed by atoms with van der Waals surface area (Å²) < 4.78 is 0. The molecule has 1 aromatic rings. The molecule has 2 rings (SSSR count). The van der Waals surface area contributed by atoms with Crippen LogP contribution in [0.15, 0.2) is 24.3 Å². The summed E-state index contributed by atoms with van der Waals surface area (Å²) in [5.74, 6) is 0. The van der Waals surface area contributed by atoms with E-state index < -0.39 is 0 Å². The molecule has 2 N–H and O–H groups in total. The number of aryl methyl sites for hydroxylation is 1. The standard InChI is InChI=1S/C16H25N3O/c1-13-5-7-14(8-6-13)16(9-10-16)18-15(20)17-11-4-12-19(2)3/h5-8H,4,9-12H2,1-3H3,(H2,17,18,20). The molecule has 0 heterocycles. The first-order chi connectivity index (χ1) is 9.52. The second-order valence-electron chi connectivity index (χ2n) is 5.99. The average molecular weight is 275 g/mol. The van der Waals surface area contributed by atoms with Crippen LogP contribution in [-0.4, -0.2) is 38.1 Å². The highest BCUT2D eigenvalue weighted by molar-refractivity contribution is 5.75. The largest absolute Gasteiger partial charge is 0.338 e. The van der Waals surface area contributed by atoms with Crippen LogP contribution in [0.25, 0.3) is 0 Å². The number of rotatable bonds is 6. The number of carbonyl (C=O) groups excluding carboxylic acids is 1. The molecule has 4 heteroatoms. The molecular weight excluding hydrogens is 250 g/mol.